The molecule has 1 aromatic heterocycles. The first-order valence-electron chi connectivity index (χ1n) is 6.73. The zero-order chi connectivity index (χ0) is 13.7. The SMILES string of the molecule is CCCNCc1ccc(Sc2ccoc2C)c(C)c1. The van der Waals surface area contributed by atoms with Crippen molar-refractivity contribution in [2.45, 2.75) is 43.5 Å². The molecule has 19 heavy (non-hydrogen) atoms. The molecular weight excluding hydrogens is 254 g/mol. The summed E-state index contributed by atoms with van der Waals surface area (Å²) >= 11 is 1.77. The van der Waals surface area contributed by atoms with Crippen LogP contribution >= 0.6 is 11.8 Å². The molecular formula is C16H21NOS. The lowest BCUT2D eigenvalue weighted by atomic mass is 10.1. The Kier molecular flexibility index (Phi) is 5.11. The predicted molar refractivity (Wildman–Crippen MR) is 80.7 cm³/mol. The van der Waals surface area contributed by atoms with E-state index in [0.717, 1.165) is 18.8 Å². The molecule has 0 atom stereocenters. The van der Waals surface area contributed by atoms with Gasteiger partial charge in [0.15, 0.2) is 0 Å². The van der Waals surface area contributed by atoms with E-state index in [4.69, 9.17) is 4.42 Å². The number of hydrogen-bond acceptors (Lipinski definition) is 3. The molecule has 1 aromatic carbocycles. The van der Waals surface area contributed by atoms with Crippen molar-refractivity contribution in [1.82, 2.24) is 5.32 Å². The summed E-state index contributed by atoms with van der Waals surface area (Å²) < 4.78 is 5.33. The minimum Gasteiger partial charge on any atom is -0.468 e. The summed E-state index contributed by atoms with van der Waals surface area (Å²) in [6.45, 7) is 8.38. The third kappa shape index (κ3) is 3.88. The molecule has 0 aliphatic heterocycles. The van der Waals surface area contributed by atoms with E-state index < -0.39 is 0 Å². The van der Waals surface area contributed by atoms with E-state index in [-0.39, 0.29) is 0 Å². The molecule has 0 unspecified atom stereocenters. The number of furan rings is 1. The molecule has 2 nitrogen and oxygen atoms in total. The van der Waals surface area contributed by atoms with Crippen LogP contribution in [-0.4, -0.2) is 6.54 Å². The van der Waals surface area contributed by atoms with Crippen molar-refractivity contribution in [1.29, 1.82) is 0 Å². The zero-order valence-electron chi connectivity index (χ0n) is 11.8. The lowest BCUT2D eigenvalue weighted by molar-refractivity contribution is 0.527. The van der Waals surface area contributed by atoms with E-state index in [1.54, 1.807) is 18.0 Å². The molecule has 0 fully saturated rings. The van der Waals surface area contributed by atoms with Crippen LogP contribution in [0.1, 0.15) is 30.2 Å². The highest BCUT2D eigenvalue weighted by atomic mass is 32.2. The molecule has 0 amide bonds. The number of aryl methyl sites for hydroxylation is 2. The summed E-state index contributed by atoms with van der Waals surface area (Å²) in [4.78, 5) is 2.49. The number of benzene rings is 1. The fourth-order valence-electron chi connectivity index (χ4n) is 1.94. The number of nitrogens with one attached hydrogen (secondary N) is 1. The van der Waals surface area contributed by atoms with Gasteiger partial charge in [0.25, 0.3) is 0 Å². The normalized spacial score (nSPS) is 10.9. The molecule has 1 heterocycles. The van der Waals surface area contributed by atoms with Crippen molar-refractivity contribution in [3.63, 3.8) is 0 Å². The first kappa shape index (κ1) is 14.2. The first-order valence-corrected chi connectivity index (χ1v) is 7.54. The molecule has 0 saturated heterocycles. The van der Waals surface area contributed by atoms with Crippen molar-refractivity contribution in [2.75, 3.05) is 6.54 Å². The van der Waals surface area contributed by atoms with Gasteiger partial charge >= 0.3 is 0 Å². The van der Waals surface area contributed by atoms with Crippen LogP contribution in [0.25, 0.3) is 0 Å². The maximum absolute atomic E-state index is 5.33. The van der Waals surface area contributed by atoms with Gasteiger partial charge in [-0.3, -0.25) is 0 Å². The number of hydrogen-bond donors (Lipinski definition) is 1. The van der Waals surface area contributed by atoms with E-state index in [0.29, 0.717) is 0 Å². The highest BCUT2D eigenvalue weighted by Gasteiger charge is 2.06. The lowest BCUT2D eigenvalue weighted by Gasteiger charge is -2.08. The third-order valence-electron chi connectivity index (χ3n) is 3.03. The van der Waals surface area contributed by atoms with Crippen LogP contribution in [0, 0.1) is 13.8 Å². The largest absolute Gasteiger partial charge is 0.468 e. The standard InChI is InChI=1S/C16H21NOS/c1-4-8-17-11-14-5-6-15(12(2)10-14)19-16-7-9-18-13(16)3/h5-7,9-10,17H,4,8,11H2,1-3H3. The molecule has 0 radical (unpaired) electrons. The van der Waals surface area contributed by atoms with Gasteiger partial charge in [-0.25, -0.2) is 0 Å². The van der Waals surface area contributed by atoms with Gasteiger partial charge in [-0.2, -0.15) is 0 Å². The average Bonchev–Trinajstić information content (AvgIpc) is 2.79. The van der Waals surface area contributed by atoms with Gasteiger partial charge in [0.2, 0.25) is 0 Å². The smallest absolute Gasteiger partial charge is 0.114 e. The summed E-state index contributed by atoms with van der Waals surface area (Å²) in [5.74, 6) is 0.984. The van der Waals surface area contributed by atoms with Gasteiger partial charge in [0, 0.05) is 11.4 Å². The molecule has 0 spiro atoms. The van der Waals surface area contributed by atoms with Crippen LogP contribution in [0.2, 0.25) is 0 Å². The highest BCUT2D eigenvalue weighted by Crippen LogP contribution is 2.33. The Balaban J connectivity index is 2.05. The summed E-state index contributed by atoms with van der Waals surface area (Å²) in [7, 11) is 0. The van der Waals surface area contributed by atoms with Crippen LogP contribution in [0.15, 0.2) is 44.7 Å². The monoisotopic (exact) mass is 275 g/mol. The topological polar surface area (TPSA) is 25.2 Å². The second kappa shape index (κ2) is 6.83. The maximum atomic E-state index is 5.33. The van der Waals surface area contributed by atoms with E-state index >= 15 is 0 Å². The summed E-state index contributed by atoms with van der Waals surface area (Å²) in [6.07, 6.45) is 2.92. The maximum Gasteiger partial charge on any atom is 0.114 e. The molecule has 1 N–H and O–H groups in total. The van der Waals surface area contributed by atoms with E-state index in [2.05, 4.69) is 37.4 Å². The molecule has 0 bridgehead atoms. The number of rotatable bonds is 6. The van der Waals surface area contributed by atoms with Crippen LogP contribution in [0.5, 0.6) is 0 Å². The van der Waals surface area contributed by atoms with Gasteiger partial charge in [0.1, 0.15) is 5.76 Å². The van der Waals surface area contributed by atoms with Crippen LogP contribution < -0.4 is 5.32 Å². The van der Waals surface area contributed by atoms with Gasteiger partial charge in [-0.15, -0.1) is 0 Å². The summed E-state index contributed by atoms with van der Waals surface area (Å²) in [5.41, 5.74) is 2.67. The quantitative estimate of drug-likeness (QED) is 0.783. The van der Waals surface area contributed by atoms with Gasteiger partial charge in [0.05, 0.1) is 11.2 Å². The van der Waals surface area contributed by atoms with Crippen molar-refractivity contribution in [2.24, 2.45) is 0 Å². The predicted octanol–water partition coefficient (Wildman–Crippen LogP) is 4.55. The fourth-order valence-corrected chi connectivity index (χ4v) is 2.85. The van der Waals surface area contributed by atoms with Crippen LogP contribution in [0.4, 0.5) is 0 Å². The molecule has 0 aliphatic carbocycles. The Bertz CT molecular complexity index is 533. The van der Waals surface area contributed by atoms with E-state index in [9.17, 15) is 0 Å². The molecule has 0 aliphatic rings. The third-order valence-corrected chi connectivity index (χ3v) is 4.35. The minimum atomic E-state index is 0.949. The molecule has 2 aromatic rings. The van der Waals surface area contributed by atoms with Crippen molar-refractivity contribution >= 4 is 11.8 Å². The van der Waals surface area contributed by atoms with Crippen molar-refractivity contribution in [3.8, 4) is 0 Å². The Morgan fingerprint density at radius 1 is 1.16 bits per heavy atom. The van der Waals surface area contributed by atoms with Crippen molar-refractivity contribution < 1.29 is 4.42 Å². The Labute approximate surface area is 119 Å². The van der Waals surface area contributed by atoms with Gasteiger partial charge < -0.3 is 9.73 Å². The highest BCUT2D eigenvalue weighted by molar-refractivity contribution is 7.99. The van der Waals surface area contributed by atoms with Gasteiger partial charge in [-0.1, -0.05) is 30.8 Å². The lowest BCUT2D eigenvalue weighted by Crippen LogP contribution is -2.13. The molecule has 102 valence electrons. The van der Waals surface area contributed by atoms with Gasteiger partial charge in [-0.05, 0) is 50.1 Å². The second-order valence-corrected chi connectivity index (χ2v) is 5.80. The first-order chi connectivity index (χ1) is 9.20. The molecule has 0 saturated carbocycles. The molecule has 3 heteroatoms. The Morgan fingerprint density at radius 3 is 2.63 bits per heavy atom. The van der Waals surface area contributed by atoms with E-state index in [1.807, 2.05) is 13.0 Å². The molecule has 2 rings (SSSR count). The average molecular weight is 275 g/mol. The van der Waals surface area contributed by atoms with Crippen LogP contribution in [-0.2, 0) is 6.54 Å². The minimum absolute atomic E-state index is 0.949. The summed E-state index contributed by atoms with van der Waals surface area (Å²) in [5, 5.41) is 3.43. The van der Waals surface area contributed by atoms with Crippen LogP contribution in [0.3, 0.4) is 0 Å². The second-order valence-electron chi connectivity index (χ2n) is 4.72. The summed E-state index contributed by atoms with van der Waals surface area (Å²) in [6, 6.07) is 8.69. The Morgan fingerprint density at radius 2 is 2.00 bits per heavy atom. The fraction of sp³-hybridized carbons (Fsp3) is 0.375. The Hall–Kier alpha value is -1.19. The van der Waals surface area contributed by atoms with E-state index in [1.165, 1.54) is 27.3 Å². The zero-order valence-corrected chi connectivity index (χ0v) is 12.6. The van der Waals surface area contributed by atoms with Crippen molar-refractivity contribution in [3.05, 3.63) is 47.4 Å².